The molecule has 2 rings (SSSR count). The fourth-order valence-electron chi connectivity index (χ4n) is 1.21. The molecule has 0 aliphatic heterocycles. The van der Waals surface area contributed by atoms with Crippen LogP contribution in [0.5, 0.6) is 11.6 Å². The van der Waals surface area contributed by atoms with Gasteiger partial charge < -0.3 is 4.74 Å². The molecule has 4 heteroatoms. The first kappa shape index (κ1) is 10.1. The molecule has 1 aromatic heterocycles. The molecule has 16 heavy (non-hydrogen) atoms. The Kier molecular flexibility index (Phi) is 2.79. The van der Waals surface area contributed by atoms with Crippen LogP contribution < -0.4 is 4.74 Å². The van der Waals surface area contributed by atoms with E-state index in [4.69, 9.17) is 10.00 Å². The van der Waals surface area contributed by atoms with Gasteiger partial charge in [0.2, 0.25) is 5.88 Å². The van der Waals surface area contributed by atoms with Crippen molar-refractivity contribution in [1.29, 1.82) is 5.26 Å². The van der Waals surface area contributed by atoms with Crippen LogP contribution >= 0.6 is 0 Å². The normalized spacial score (nSPS) is 9.50. The summed E-state index contributed by atoms with van der Waals surface area (Å²) in [5.74, 6) is 1.12. The number of ether oxygens (including phenoxy) is 1. The molecule has 1 heterocycles. The van der Waals surface area contributed by atoms with E-state index in [1.807, 2.05) is 37.3 Å². The van der Waals surface area contributed by atoms with Gasteiger partial charge in [-0.15, -0.1) is 0 Å². The third kappa shape index (κ3) is 2.15. The SMILES string of the molecule is Cc1ccccc1Oc1cnc(C#N)cn1. The van der Waals surface area contributed by atoms with Crippen LogP contribution in [0.15, 0.2) is 36.7 Å². The quantitative estimate of drug-likeness (QED) is 0.765. The van der Waals surface area contributed by atoms with Crippen molar-refractivity contribution < 1.29 is 4.74 Å². The molecule has 0 unspecified atom stereocenters. The van der Waals surface area contributed by atoms with Gasteiger partial charge in [-0.2, -0.15) is 5.26 Å². The highest BCUT2D eigenvalue weighted by Gasteiger charge is 2.01. The smallest absolute Gasteiger partial charge is 0.237 e. The van der Waals surface area contributed by atoms with E-state index in [1.54, 1.807) is 0 Å². The second-order valence-electron chi connectivity index (χ2n) is 3.22. The van der Waals surface area contributed by atoms with E-state index in [2.05, 4.69) is 9.97 Å². The lowest BCUT2D eigenvalue weighted by Gasteiger charge is -2.06. The van der Waals surface area contributed by atoms with Crippen molar-refractivity contribution in [2.24, 2.45) is 0 Å². The van der Waals surface area contributed by atoms with Gasteiger partial charge in [-0.1, -0.05) is 18.2 Å². The summed E-state index contributed by atoms with van der Waals surface area (Å²) in [7, 11) is 0. The minimum atomic E-state index is 0.275. The van der Waals surface area contributed by atoms with Crippen LogP contribution in [0, 0.1) is 18.3 Å². The minimum Gasteiger partial charge on any atom is -0.437 e. The molecule has 2 aromatic rings. The van der Waals surface area contributed by atoms with E-state index in [0.717, 1.165) is 11.3 Å². The first-order valence-electron chi connectivity index (χ1n) is 4.75. The van der Waals surface area contributed by atoms with Crippen molar-refractivity contribution >= 4 is 0 Å². The monoisotopic (exact) mass is 211 g/mol. The highest BCUT2D eigenvalue weighted by atomic mass is 16.5. The number of nitriles is 1. The molecule has 0 spiro atoms. The third-order valence-corrected chi connectivity index (χ3v) is 2.05. The number of hydrogen-bond acceptors (Lipinski definition) is 4. The van der Waals surface area contributed by atoms with E-state index in [-0.39, 0.29) is 5.69 Å². The molecule has 0 bridgehead atoms. The topological polar surface area (TPSA) is 58.8 Å². The zero-order valence-corrected chi connectivity index (χ0v) is 8.71. The van der Waals surface area contributed by atoms with Crippen LogP contribution in [0.3, 0.4) is 0 Å². The summed E-state index contributed by atoms with van der Waals surface area (Å²) >= 11 is 0. The average molecular weight is 211 g/mol. The molecular formula is C12H9N3O. The van der Waals surface area contributed by atoms with Crippen LogP contribution in [0.1, 0.15) is 11.3 Å². The molecule has 0 aliphatic carbocycles. The van der Waals surface area contributed by atoms with Crippen molar-refractivity contribution in [3.05, 3.63) is 47.9 Å². The lowest BCUT2D eigenvalue weighted by atomic mass is 10.2. The number of para-hydroxylation sites is 1. The van der Waals surface area contributed by atoms with E-state index < -0.39 is 0 Å². The molecule has 0 saturated heterocycles. The Balaban J connectivity index is 2.22. The first-order valence-corrected chi connectivity index (χ1v) is 4.75. The van der Waals surface area contributed by atoms with Gasteiger partial charge in [-0.3, -0.25) is 0 Å². The lowest BCUT2D eigenvalue weighted by Crippen LogP contribution is -1.92. The molecule has 0 saturated carbocycles. The Hall–Kier alpha value is -2.41. The molecule has 0 atom stereocenters. The Morgan fingerprint density at radius 1 is 1.19 bits per heavy atom. The largest absolute Gasteiger partial charge is 0.437 e. The Labute approximate surface area is 93.2 Å². The Bertz CT molecular complexity index is 529. The maximum absolute atomic E-state index is 8.57. The van der Waals surface area contributed by atoms with Crippen LogP contribution in [-0.2, 0) is 0 Å². The van der Waals surface area contributed by atoms with Gasteiger partial charge in [0.15, 0.2) is 5.69 Å². The third-order valence-electron chi connectivity index (χ3n) is 2.05. The zero-order chi connectivity index (χ0) is 11.4. The van der Waals surface area contributed by atoms with Gasteiger partial charge in [-0.05, 0) is 18.6 Å². The summed E-state index contributed by atoms with van der Waals surface area (Å²) in [4.78, 5) is 7.85. The molecule has 4 nitrogen and oxygen atoms in total. The van der Waals surface area contributed by atoms with E-state index in [1.165, 1.54) is 12.4 Å². The van der Waals surface area contributed by atoms with Gasteiger partial charge in [0.05, 0.1) is 12.4 Å². The standard InChI is InChI=1S/C12H9N3O/c1-9-4-2-3-5-11(9)16-12-8-14-10(6-13)7-15-12/h2-5,7-8H,1H3. The van der Waals surface area contributed by atoms with Gasteiger partial charge >= 0.3 is 0 Å². The summed E-state index contributed by atoms with van der Waals surface area (Å²) in [6, 6.07) is 9.53. The van der Waals surface area contributed by atoms with Crippen molar-refractivity contribution in [3.63, 3.8) is 0 Å². The van der Waals surface area contributed by atoms with Crippen molar-refractivity contribution in [2.45, 2.75) is 6.92 Å². The maximum Gasteiger partial charge on any atom is 0.237 e. The maximum atomic E-state index is 8.57. The summed E-state index contributed by atoms with van der Waals surface area (Å²) < 4.78 is 5.53. The highest BCUT2D eigenvalue weighted by Crippen LogP contribution is 2.21. The average Bonchev–Trinajstić information content (AvgIpc) is 2.33. The van der Waals surface area contributed by atoms with Crippen LogP contribution in [0.4, 0.5) is 0 Å². The number of benzene rings is 1. The van der Waals surface area contributed by atoms with Crippen molar-refractivity contribution in [3.8, 4) is 17.7 Å². The zero-order valence-electron chi connectivity index (χ0n) is 8.71. The first-order chi connectivity index (χ1) is 7.79. The van der Waals surface area contributed by atoms with Gasteiger partial charge in [-0.25, -0.2) is 9.97 Å². The molecule has 0 aliphatic rings. The fourth-order valence-corrected chi connectivity index (χ4v) is 1.21. The Morgan fingerprint density at radius 2 is 2.00 bits per heavy atom. The Morgan fingerprint density at radius 3 is 2.62 bits per heavy atom. The highest BCUT2D eigenvalue weighted by molar-refractivity contribution is 5.34. The number of aryl methyl sites for hydroxylation is 1. The number of hydrogen-bond donors (Lipinski definition) is 0. The predicted octanol–water partition coefficient (Wildman–Crippen LogP) is 2.45. The van der Waals surface area contributed by atoms with E-state index in [0.29, 0.717) is 5.88 Å². The molecule has 78 valence electrons. The van der Waals surface area contributed by atoms with E-state index >= 15 is 0 Å². The van der Waals surface area contributed by atoms with Gasteiger partial charge in [0.25, 0.3) is 0 Å². The molecule has 0 amide bonds. The lowest BCUT2D eigenvalue weighted by molar-refractivity contribution is 0.456. The molecule has 0 N–H and O–H groups in total. The second kappa shape index (κ2) is 4.41. The number of nitrogens with zero attached hydrogens (tertiary/aromatic N) is 3. The summed E-state index contributed by atoms with van der Waals surface area (Å²) in [6.07, 6.45) is 2.82. The van der Waals surface area contributed by atoms with Gasteiger partial charge in [0.1, 0.15) is 11.8 Å². The predicted molar refractivity (Wildman–Crippen MR) is 58.0 cm³/mol. The minimum absolute atomic E-state index is 0.275. The number of aromatic nitrogens is 2. The molecule has 0 fully saturated rings. The summed E-state index contributed by atoms with van der Waals surface area (Å²) in [5, 5.41) is 8.57. The molecular weight excluding hydrogens is 202 g/mol. The summed E-state index contributed by atoms with van der Waals surface area (Å²) in [5.41, 5.74) is 1.30. The van der Waals surface area contributed by atoms with Crippen LogP contribution in [0.2, 0.25) is 0 Å². The van der Waals surface area contributed by atoms with Crippen LogP contribution in [-0.4, -0.2) is 9.97 Å². The summed E-state index contributed by atoms with van der Waals surface area (Å²) in [6.45, 7) is 1.95. The molecule has 0 radical (unpaired) electrons. The van der Waals surface area contributed by atoms with Gasteiger partial charge in [0, 0.05) is 0 Å². The van der Waals surface area contributed by atoms with Crippen molar-refractivity contribution in [1.82, 2.24) is 9.97 Å². The fraction of sp³-hybridized carbons (Fsp3) is 0.0833. The van der Waals surface area contributed by atoms with Crippen molar-refractivity contribution in [2.75, 3.05) is 0 Å². The van der Waals surface area contributed by atoms with E-state index in [9.17, 15) is 0 Å². The van der Waals surface area contributed by atoms with Crippen LogP contribution in [0.25, 0.3) is 0 Å². The molecule has 1 aromatic carbocycles. The second-order valence-corrected chi connectivity index (χ2v) is 3.22. The number of rotatable bonds is 2.